The number of benzene rings is 3. The number of carbonyl (C=O) groups excluding carboxylic acids is 2. The molecule has 1 atom stereocenters. The van der Waals surface area contributed by atoms with Crippen LogP contribution in [-0.4, -0.2) is 51.9 Å². The predicted molar refractivity (Wildman–Crippen MR) is 139 cm³/mol. The van der Waals surface area contributed by atoms with Gasteiger partial charge in [0.1, 0.15) is 24.2 Å². The highest BCUT2D eigenvalue weighted by Gasteiger charge is 2.33. The van der Waals surface area contributed by atoms with E-state index in [4.69, 9.17) is 4.74 Å². The molecule has 0 fully saturated rings. The van der Waals surface area contributed by atoms with Crippen molar-refractivity contribution in [1.29, 1.82) is 0 Å². The van der Waals surface area contributed by atoms with Crippen molar-refractivity contribution in [3.05, 3.63) is 90.2 Å². The van der Waals surface area contributed by atoms with Crippen LogP contribution in [0.1, 0.15) is 18.9 Å². The monoisotopic (exact) mass is 527 g/mol. The average Bonchev–Trinajstić information content (AvgIpc) is 2.92. The number of anilines is 1. The zero-order valence-corrected chi connectivity index (χ0v) is 21.7. The van der Waals surface area contributed by atoms with Crippen molar-refractivity contribution in [2.24, 2.45) is 0 Å². The Morgan fingerprint density at radius 1 is 1.00 bits per heavy atom. The fourth-order valence-electron chi connectivity index (χ4n) is 3.91. The maximum atomic E-state index is 13.8. The third kappa shape index (κ3) is 6.65. The molecule has 3 rings (SSSR count). The van der Waals surface area contributed by atoms with E-state index in [1.165, 1.54) is 19.1 Å². The molecule has 10 heteroatoms. The molecule has 3 aromatic rings. The lowest BCUT2D eigenvalue weighted by Gasteiger charge is -2.33. The fourth-order valence-corrected chi connectivity index (χ4v) is 5.32. The molecule has 8 nitrogen and oxygen atoms in total. The van der Waals surface area contributed by atoms with Crippen molar-refractivity contribution >= 4 is 27.5 Å². The van der Waals surface area contributed by atoms with Crippen molar-refractivity contribution < 1.29 is 27.1 Å². The van der Waals surface area contributed by atoms with Crippen LogP contribution in [0.15, 0.2) is 83.8 Å². The molecule has 0 saturated carbocycles. The van der Waals surface area contributed by atoms with Gasteiger partial charge in [-0.25, -0.2) is 12.8 Å². The van der Waals surface area contributed by atoms with E-state index >= 15 is 0 Å². The molecule has 1 N–H and O–H groups in total. The number of halogens is 1. The summed E-state index contributed by atoms with van der Waals surface area (Å²) in [5.74, 6) is -0.941. The Kier molecular flexibility index (Phi) is 9.24. The smallest absolute Gasteiger partial charge is 0.264 e. The minimum absolute atomic E-state index is 0.0567. The van der Waals surface area contributed by atoms with Crippen molar-refractivity contribution in [2.45, 2.75) is 30.8 Å². The number of para-hydroxylation sites is 1. The minimum Gasteiger partial charge on any atom is -0.497 e. The lowest BCUT2D eigenvalue weighted by Crippen LogP contribution is -2.51. The van der Waals surface area contributed by atoms with Crippen LogP contribution < -0.4 is 14.4 Å². The third-order valence-electron chi connectivity index (χ3n) is 5.84. The number of hydrogen-bond donors (Lipinski definition) is 1. The first kappa shape index (κ1) is 27.7. The number of nitrogens with zero attached hydrogens (tertiary/aromatic N) is 2. The Morgan fingerprint density at radius 3 is 2.27 bits per heavy atom. The maximum Gasteiger partial charge on any atom is 0.264 e. The van der Waals surface area contributed by atoms with Gasteiger partial charge in [0.05, 0.1) is 17.7 Å². The zero-order chi connectivity index (χ0) is 27.0. The summed E-state index contributed by atoms with van der Waals surface area (Å²) < 4.78 is 47.0. The molecule has 0 saturated heterocycles. The number of carbonyl (C=O) groups is 2. The van der Waals surface area contributed by atoms with Crippen LogP contribution in [0, 0.1) is 5.82 Å². The molecule has 3 aromatic carbocycles. The van der Waals surface area contributed by atoms with Gasteiger partial charge in [-0.2, -0.15) is 0 Å². The highest BCUT2D eigenvalue weighted by molar-refractivity contribution is 7.92. The lowest BCUT2D eigenvalue weighted by molar-refractivity contribution is -0.140. The quantitative estimate of drug-likeness (QED) is 0.411. The Balaban J connectivity index is 2.03. The highest BCUT2D eigenvalue weighted by atomic mass is 32.2. The first-order valence-corrected chi connectivity index (χ1v) is 13.1. The SMILES string of the molecule is CC[C@H](C(=O)NC)N(Cc1cccc(OC)c1)C(=O)CN(c1ccccc1)S(=O)(=O)c1ccc(F)cc1. The normalized spacial score (nSPS) is 11.9. The zero-order valence-electron chi connectivity index (χ0n) is 20.9. The van der Waals surface area contributed by atoms with Gasteiger partial charge in [0.2, 0.25) is 11.8 Å². The Hall–Kier alpha value is -3.92. The van der Waals surface area contributed by atoms with E-state index in [1.807, 2.05) is 0 Å². The summed E-state index contributed by atoms with van der Waals surface area (Å²) in [5, 5.41) is 2.58. The van der Waals surface area contributed by atoms with Crippen LogP contribution in [0.5, 0.6) is 5.75 Å². The van der Waals surface area contributed by atoms with E-state index in [-0.39, 0.29) is 23.0 Å². The summed E-state index contributed by atoms with van der Waals surface area (Å²) in [5.41, 5.74) is 0.970. The van der Waals surface area contributed by atoms with E-state index in [1.54, 1.807) is 61.5 Å². The van der Waals surface area contributed by atoms with Crippen LogP contribution in [0.4, 0.5) is 10.1 Å². The molecular weight excluding hydrogens is 497 g/mol. The van der Waals surface area contributed by atoms with E-state index in [0.717, 1.165) is 28.6 Å². The van der Waals surface area contributed by atoms with E-state index in [0.29, 0.717) is 17.7 Å². The topological polar surface area (TPSA) is 96.0 Å². The summed E-state index contributed by atoms with van der Waals surface area (Å²) in [6, 6.07) is 18.8. The van der Waals surface area contributed by atoms with Crippen LogP contribution in [0.25, 0.3) is 0 Å². The number of ether oxygens (including phenoxy) is 1. The molecule has 2 amide bonds. The van der Waals surface area contributed by atoms with Gasteiger partial charge >= 0.3 is 0 Å². The highest BCUT2D eigenvalue weighted by Crippen LogP contribution is 2.25. The van der Waals surface area contributed by atoms with Crippen LogP contribution >= 0.6 is 0 Å². The number of likely N-dealkylation sites (N-methyl/N-ethyl adjacent to an activating group) is 1. The first-order valence-electron chi connectivity index (χ1n) is 11.7. The van der Waals surface area contributed by atoms with Crippen molar-refractivity contribution in [1.82, 2.24) is 10.2 Å². The van der Waals surface area contributed by atoms with Gasteiger partial charge in [-0.3, -0.25) is 13.9 Å². The van der Waals surface area contributed by atoms with Gasteiger partial charge in [0, 0.05) is 13.6 Å². The number of rotatable bonds is 11. The Bertz CT molecular complexity index is 1320. The summed E-state index contributed by atoms with van der Waals surface area (Å²) in [4.78, 5) is 27.7. The summed E-state index contributed by atoms with van der Waals surface area (Å²) in [7, 11) is -1.23. The fraction of sp³-hybridized carbons (Fsp3) is 0.259. The molecular formula is C27H30FN3O5S. The summed E-state index contributed by atoms with van der Waals surface area (Å²) >= 11 is 0. The second kappa shape index (κ2) is 12.4. The predicted octanol–water partition coefficient (Wildman–Crippen LogP) is 3.58. The molecule has 0 aromatic heterocycles. The van der Waals surface area contributed by atoms with Gasteiger partial charge in [-0.05, 0) is 60.5 Å². The van der Waals surface area contributed by atoms with Gasteiger partial charge < -0.3 is 15.0 Å². The molecule has 0 unspecified atom stereocenters. The molecule has 0 heterocycles. The van der Waals surface area contributed by atoms with Crippen molar-refractivity contribution in [3.63, 3.8) is 0 Å². The second-order valence-corrected chi connectivity index (χ2v) is 10.1. The van der Waals surface area contributed by atoms with E-state index in [9.17, 15) is 22.4 Å². The van der Waals surface area contributed by atoms with Gasteiger partial charge in [-0.15, -0.1) is 0 Å². The molecule has 0 aliphatic carbocycles. The molecule has 0 aliphatic heterocycles. The third-order valence-corrected chi connectivity index (χ3v) is 7.63. The number of hydrogen-bond acceptors (Lipinski definition) is 5. The van der Waals surface area contributed by atoms with E-state index in [2.05, 4.69) is 5.32 Å². The largest absolute Gasteiger partial charge is 0.497 e. The summed E-state index contributed by atoms with van der Waals surface area (Å²) in [6.07, 6.45) is 0.311. The number of nitrogens with one attached hydrogen (secondary N) is 1. The summed E-state index contributed by atoms with van der Waals surface area (Å²) in [6.45, 7) is 1.26. The Labute approximate surface area is 216 Å². The van der Waals surface area contributed by atoms with Gasteiger partial charge in [0.15, 0.2) is 0 Å². The average molecular weight is 528 g/mol. The second-order valence-electron chi connectivity index (χ2n) is 8.21. The van der Waals surface area contributed by atoms with Crippen molar-refractivity contribution in [3.8, 4) is 5.75 Å². The van der Waals surface area contributed by atoms with Gasteiger partial charge in [0.25, 0.3) is 10.0 Å². The van der Waals surface area contributed by atoms with Gasteiger partial charge in [-0.1, -0.05) is 37.3 Å². The first-order chi connectivity index (χ1) is 17.7. The Morgan fingerprint density at radius 2 is 1.68 bits per heavy atom. The maximum absolute atomic E-state index is 13.8. The molecule has 0 bridgehead atoms. The lowest BCUT2D eigenvalue weighted by atomic mass is 10.1. The van der Waals surface area contributed by atoms with Crippen LogP contribution in [0.3, 0.4) is 0 Å². The minimum atomic E-state index is -4.24. The van der Waals surface area contributed by atoms with Crippen LogP contribution in [0.2, 0.25) is 0 Å². The molecule has 0 aliphatic rings. The molecule has 37 heavy (non-hydrogen) atoms. The number of sulfonamides is 1. The number of methoxy groups -OCH3 is 1. The van der Waals surface area contributed by atoms with Crippen molar-refractivity contribution in [2.75, 3.05) is 25.0 Å². The van der Waals surface area contributed by atoms with Crippen LogP contribution in [-0.2, 0) is 26.2 Å². The molecule has 0 radical (unpaired) electrons. The van der Waals surface area contributed by atoms with E-state index < -0.39 is 34.3 Å². The molecule has 196 valence electrons. The standard InChI is InChI=1S/C27H30FN3O5S/c1-4-25(27(33)29-2)30(18-20-9-8-12-23(17-20)36-3)26(32)19-31(22-10-6-5-7-11-22)37(34,35)24-15-13-21(28)14-16-24/h5-17,25H,4,18-19H2,1-3H3,(H,29,33)/t25-/m1/s1. The molecule has 0 spiro atoms. The number of amides is 2.